The van der Waals surface area contributed by atoms with E-state index in [-0.39, 0.29) is 0 Å². The van der Waals surface area contributed by atoms with Gasteiger partial charge in [0.05, 0.1) is 0 Å². The molecular formula is C16H17NS. The second-order valence-electron chi connectivity index (χ2n) is 4.81. The molecule has 1 aliphatic rings. The van der Waals surface area contributed by atoms with Gasteiger partial charge in [-0.3, -0.25) is 0 Å². The first-order valence-electron chi connectivity index (χ1n) is 6.46. The van der Waals surface area contributed by atoms with Crippen molar-refractivity contribution in [1.82, 2.24) is 0 Å². The average molecular weight is 255 g/mol. The molecule has 0 heterocycles. The summed E-state index contributed by atoms with van der Waals surface area (Å²) in [5, 5.41) is 0. The van der Waals surface area contributed by atoms with Gasteiger partial charge >= 0.3 is 0 Å². The summed E-state index contributed by atoms with van der Waals surface area (Å²) in [6, 6.07) is 15.0. The standard InChI is InChI=1S/C16H17NS/c17-14-6-3-7-15(11-14)18-16-9-8-12-4-1-2-5-13(12)10-16/h3,6-11H,1-2,4-5,17H2. The smallest absolute Gasteiger partial charge is 0.0325 e. The molecule has 1 aliphatic carbocycles. The Morgan fingerprint density at radius 2 is 1.61 bits per heavy atom. The second kappa shape index (κ2) is 5.07. The average Bonchev–Trinajstić information content (AvgIpc) is 2.39. The number of anilines is 1. The summed E-state index contributed by atoms with van der Waals surface area (Å²) < 4.78 is 0. The lowest BCUT2D eigenvalue weighted by Gasteiger charge is -2.16. The van der Waals surface area contributed by atoms with Crippen LogP contribution in [0.5, 0.6) is 0 Å². The first kappa shape index (κ1) is 11.7. The summed E-state index contributed by atoms with van der Waals surface area (Å²) >= 11 is 1.79. The van der Waals surface area contributed by atoms with E-state index in [0.717, 1.165) is 5.69 Å². The van der Waals surface area contributed by atoms with Crippen molar-refractivity contribution in [3.8, 4) is 0 Å². The van der Waals surface area contributed by atoms with E-state index in [1.807, 2.05) is 18.2 Å². The predicted molar refractivity (Wildman–Crippen MR) is 78.1 cm³/mol. The number of rotatable bonds is 2. The van der Waals surface area contributed by atoms with Crippen molar-refractivity contribution in [2.45, 2.75) is 35.5 Å². The van der Waals surface area contributed by atoms with E-state index in [0.29, 0.717) is 0 Å². The molecule has 0 atom stereocenters. The molecule has 1 nitrogen and oxygen atoms in total. The molecule has 0 aliphatic heterocycles. The van der Waals surface area contributed by atoms with Crippen molar-refractivity contribution in [3.05, 3.63) is 53.6 Å². The summed E-state index contributed by atoms with van der Waals surface area (Å²) in [4.78, 5) is 2.53. The number of fused-ring (bicyclic) bond motifs is 1. The van der Waals surface area contributed by atoms with E-state index in [2.05, 4.69) is 24.3 Å². The van der Waals surface area contributed by atoms with Crippen LogP contribution in [0.25, 0.3) is 0 Å². The minimum Gasteiger partial charge on any atom is -0.399 e. The minimum atomic E-state index is 0.831. The van der Waals surface area contributed by atoms with Crippen molar-refractivity contribution in [2.75, 3.05) is 5.73 Å². The molecule has 0 saturated heterocycles. The van der Waals surface area contributed by atoms with Crippen molar-refractivity contribution in [3.63, 3.8) is 0 Å². The van der Waals surface area contributed by atoms with Gasteiger partial charge in [0.1, 0.15) is 0 Å². The highest BCUT2D eigenvalue weighted by Crippen LogP contribution is 2.32. The molecule has 2 N–H and O–H groups in total. The maximum Gasteiger partial charge on any atom is 0.0325 e. The summed E-state index contributed by atoms with van der Waals surface area (Å²) in [6.07, 6.45) is 5.16. The summed E-state index contributed by atoms with van der Waals surface area (Å²) in [5.74, 6) is 0. The number of nitrogens with two attached hydrogens (primary N) is 1. The van der Waals surface area contributed by atoms with Gasteiger partial charge < -0.3 is 5.73 Å². The molecule has 2 aromatic rings. The van der Waals surface area contributed by atoms with Gasteiger partial charge in [-0.2, -0.15) is 0 Å². The van der Waals surface area contributed by atoms with Crippen molar-refractivity contribution in [2.24, 2.45) is 0 Å². The molecule has 92 valence electrons. The van der Waals surface area contributed by atoms with Crippen LogP contribution in [0.2, 0.25) is 0 Å². The zero-order valence-electron chi connectivity index (χ0n) is 10.4. The Hall–Kier alpha value is -1.41. The third-order valence-electron chi connectivity index (χ3n) is 3.41. The van der Waals surface area contributed by atoms with E-state index in [4.69, 9.17) is 5.73 Å². The predicted octanol–water partition coefficient (Wildman–Crippen LogP) is 4.30. The van der Waals surface area contributed by atoms with Crippen molar-refractivity contribution >= 4 is 17.4 Å². The van der Waals surface area contributed by atoms with Crippen LogP contribution in [0.4, 0.5) is 5.69 Å². The fourth-order valence-electron chi connectivity index (χ4n) is 2.49. The fraction of sp³-hybridized carbons (Fsp3) is 0.250. The Morgan fingerprint density at radius 3 is 2.44 bits per heavy atom. The van der Waals surface area contributed by atoms with Crippen molar-refractivity contribution < 1.29 is 0 Å². The molecule has 0 aromatic heterocycles. The Morgan fingerprint density at radius 1 is 0.833 bits per heavy atom. The normalized spacial score (nSPS) is 14.2. The van der Waals surface area contributed by atoms with E-state index in [1.54, 1.807) is 11.8 Å². The first-order chi connectivity index (χ1) is 8.81. The monoisotopic (exact) mass is 255 g/mol. The first-order valence-corrected chi connectivity index (χ1v) is 7.28. The van der Waals surface area contributed by atoms with Crippen LogP contribution >= 0.6 is 11.8 Å². The van der Waals surface area contributed by atoms with Crippen LogP contribution in [-0.2, 0) is 12.8 Å². The molecule has 18 heavy (non-hydrogen) atoms. The minimum absolute atomic E-state index is 0.831. The Kier molecular flexibility index (Phi) is 3.28. The molecule has 0 fully saturated rings. The molecule has 0 unspecified atom stereocenters. The van der Waals surface area contributed by atoms with Crippen LogP contribution < -0.4 is 5.73 Å². The fourth-order valence-corrected chi connectivity index (χ4v) is 3.44. The van der Waals surface area contributed by atoms with Crippen LogP contribution in [-0.4, -0.2) is 0 Å². The SMILES string of the molecule is Nc1cccc(Sc2ccc3c(c2)CCCC3)c1. The molecule has 2 aromatic carbocycles. The van der Waals surface area contributed by atoms with E-state index in [9.17, 15) is 0 Å². The lowest BCUT2D eigenvalue weighted by Crippen LogP contribution is -2.01. The Labute approximate surface area is 112 Å². The Bertz CT molecular complexity index is 563. The van der Waals surface area contributed by atoms with Gasteiger partial charge in [0.2, 0.25) is 0 Å². The zero-order valence-corrected chi connectivity index (χ0v) is 11.2. The lowest BCUT2D eigenvalue weighted by molar-refractivity contribution is 0.683. The highest BCUT2D eigenvalue weighted by Gasteiger charge is 2.09. The quantitative estimate of drug-likeness (QED) is 0.810. The van der Waals surface area contributed by atoms with Crippen LogP contribution in [0.15, 0.2) is 52.3 Å². The van der Waals surface area contributed by atoms with E-state index >= 15 is 0 Å². The molecule has 0 radical (unpaired) electrons. The van der Waals surface area contributed by atoms with E-state index in [1.165, 1.54) is 46.6 Å². The van der Waals surface area contributed by atoms with Gasteiger partial charge in [0.25, 0.3) is 0 Å². The van der Waals surface area contributed by atoms with Gasteiger partial charge in [-0.1, -0.05) is 23.9 Å². The van der Waals surface area contributed by atoms with Gasteiger partial charge in [0.15, 0.2) is 0 Å². The maximum atomic E-state index is 5.81. The van der Waals surface area contributed by atoms with Crippen LogP contribution in [0.3, 0.4) is 0 Å². The lowest BCUT2D eigenvalue weighted by atomic mass is 9.92. The van der Waals surface area contributed by atoms with Crippen LogP contribution in [0, 0.1) is 0 Å². The Balaban J connectivity index is 1.85. The largest absolute Gasteiger partial charge is 0.399 e. The number of hydrogen-bond donors (Lipinski definition) is 1. The number of nitrogen functional groups attached to an aromatic ring is 1. The van der Waals surface area contributed by atoms with E-state index < -0.39 is 0 Å². The highest BCUT2D eigenvalue weighted by atomic mass is 32.2. The third-order valence-corrected chi connectivity index (χ3v) is 4.39. The molecule has 2 heteroatoms. The van der Waals surface area contributed by atoms with Crippen molar-refractivity contribution in [1.29, 1.82) is 0 Å². The molecule has 3 rings (SSSR count). The molecule has 0 amide bonds. The van der Waals surface area contributed by atoms with Gasteiger partial charge in [-0.25, -0.2) is 0 Å². The van der Waals surface area contributed by atoms with Gasteiger partial charge in [-0.15, -0.1) is 0 Å². The molecule has 0 saturated carbocycles. The molecule has 0 bridgehead atoms. The summed E-state index contributed by atoms with van der Waals surface area (Å²) in [7, 11) is 0. The maximum absolute atomic E-state index is 5.81. The molecule has 0 spiro atoms. The third kappa shape index (κ3) is 2.54. The highest BCUT2D eigenvalue weighted by molar-refractivity contribution is 7.99. The number of hydrogen-bond acceptors (Lipinski definition) is 2. The van der Waals surface area contributed by atoms with Gasteiger partial charge in [-0.05, 0) is 67.1 Å². The summed E-state index contributed by atoms with van der Waals surface area (Å²) in [5.41, 5.74) is 9.72. The second-order valence-corrected chi connectivity index (χ2v) is 5.96. The topological polar surface area (TPSA) is 26.0 Å². The summed E-state index contributed by atoms with van der Waals surface area (Å²) in [6.45, 7) is 0. The molecular weight excluding hydrogens is 238 g/mol. The number of aryl methyl sites for hydroxylation is 2. The number of benzene rings is 2. The van der Waals surface area contributed by atoms with Gasteiger partial charge in [0, 0.05) is 15.5 Å². The zero-order chi connectivity index (χ0) is 12.4. The van der Waals surface area contributed by atoms with Crippen LogP contribution in [0.1, 0.15) is 24.0 Å².